The Kier molecular flexibility index (Phi) is 5.16. The molecule has 4 heteroatoms. The van der Waals surface area contributed by atoms with Crippen molar-refractivity contribution in [2.75, 3.05) is 26.8 Å². The second-order valence-corrected chi connectivity index (χ2v) is 5.80. The van der Waals surface area contributed by atoms with Crippen LogP contribution in [0.25, 0.3) is 0 Å². The number of fused-ring (bicyclic) bond motifs is 1. The summed E-state index contributed by atoms with van der Waals surface area (Å²) >= 11 is 0. The predicted molar refractivity (Wildman–Crippen MR) is 91.8 cm³/mol. The third-order valence-corrected chi connectivity index (χ3v) is 4.31. The molecule has 2 N–H and O–H groups in total. The Balaban J connectivity index is 1.88. The van der Waals surface area contributed by atoms with E-state index in [1.165, 1.54) is 11.1 Å². The number of nitrogens with zero attached hydrogens (tertiary/aromatic N) is 1. The fourth-order valence-electron chi connectivity index (χ4n) is 3.19. The molecule has 4 nitrogen and oxygen atoms in total. The Morgan fingerprint density at radius 1 is 1.22 bits per heavy atom. The van der Waals surface area contributed by atoms with E-state index in [-0.39, 0.29) is 0 Å². The minimum absolute atomic E-state index is 0.303. The molecule has 0 amide bonds. The summed E-state index contributed by atoms with van der Waals surface area (Å²) < 4.78 is 11.2. The number of benzene rings is 2. The monoisotopic (exact) mass is 312 g/mol. The highest BCUT2D eigenvalue weighted by Gasteiger charge is 2.27. The summed E-state index contributed by atoms with van der Waals surface area (Å²) in [5, 5.41) is 0. The number of hydrogen-bond donors (Lipinski definition) is 1. The molecule has 0 spiro atoms. The van der Waals surface area contributed by atoms with Crippen LogP contribution in [0, 0.1) is 0 Å². The molecular weight excluding hydrogens is 288 g/mol. The molecule has 0 fully saturated rings. The first-order valence-electron chi connectivity index (χ1n) is 8.10. The summed E-state index contributed by atoms with van der Waals surface area (Å²) in [5.41, 5.74) is 8.37. The molecule has 0 saturated heterocycles. The van der Waals surface area contributed by atoms with Crippen LogP contribution in [-0.4, -0.2) is 31.7 Å². The van der Waals surface area contributed by atoms with Crippen LogP contribution < -0.4 is 15.2 Å². The molecule has 2 aromatic rings. The molecule has 122 valence electrons. The molecule has 1 unspecified atom stereocenters. The highest BCUT2D eigenvalue weighted by molar-refractivity contribution is 5.43. The standard InChI is InChI=1S/C19H24N2O2/c1-22-16-7-8-19-17(13-16)18(9-12-23-19)21(11-10-20)14-15-5-3-2-4-6-15/h2-8,13,18H,9-12,14,20H2,1H3. The van der Waals surface area contributed by atoms with Gasteiger partial charge in [-0.15, -0.1) is 0 Å². The largest absolute Gasteiger partial charge is 0.497 e. The van der Waals surface area contributed by atoms with Crippen LogP contribution in [0.1, 0.15) is 23.6 Å². The average Bonchev–Trinajstić information content (AvgIpc) is 2.61. The van der Waals surface area contributed by atoms with Crippen molar-refractivity contribution in [2.45, 2.75) is 19.0 Å². The fourth-order valence-corrected chi connectivity index (χ4v) is 3.19. The Morgan fingerprint density at radius 3 is 2.78 bits per heavy atom. The zero-order valence-corrected chi connectivity index (χ0v) is 13.6. The van der Waals surface area contributed by atoms with E-state index in [9.17, 15) is 0 Å². The van der Waals surface area contributed by atoms with Gasteiger partial charge in [0.1, 0.15) is 11.5 Å². The van der Waals surface area contributed by atoms with Gasteiger partial charge in [-0.25, -0.2) is 0 Å². The smallest absolute Gasteiger partial charge is 0.124 e. The van der Waals surface area contributed by atoms with Gasteiger partial charge in [0.15, 0.2) is 0 Å². The molecule has 0 saturated carbocycles. The molecule has 2 aromatic carbocycles. The van der Waals surface area contributed by atoms with Crippen molar-refractivity contribution in [3.05, 3.63) is 59.7 Å². The summed E-state index contributed by atoms with van der Waals surface area (Å²) in [6.07, 6.45) is 0.965. The van der Waals surface area contributed by atoms with E-state index in [2.05, 4.69) is 35.2 Å². The van der Waals surface area contributed by atoms with Crippen molar-refractivity contribution in [3.63, 3.8) is 0 Å². The molecule has 3 rings (SSSR count). The van der Waals surface area contributed by atoms with E-state index in [0.717, 1.165) is 37.6 Å². The first kappa shape index (κ1) is 15.8. The molecular formula is C19H24N2O2. The first-order chi connectivity index (χ1) is 11.3. The van der Waals surface area contributed by atoms with Crippen molar-refractivity contribution < 1.29 is 9.47 Å². The lowest BCUT2D eigenvalue weighted by atomic mass is 9.97. The van der Waals surface area contributed by atoms with Crippen LogP contribution >= 0.6 is 0 Å². The van der Waals surface area contributed by atoms with Gasteiger partial charge in [-0.2, -0.15) is 0 Å². The van der Waals surface area contributed by atoms with Crippen LogP contribution in [0.15, 0.2) is 48.5 Å². The van der Waals surface area contributed by atoms with Crippen LogP contribution in [0.4, 0.5) is 0 Å². The van der Waals surface area contributed by atoms with Crippen molar-refractivity contribution >= 4 is 0 Å². The third-order valence-electron chi connectivity index (χ3n) is 4.31. The van der Waals surface area contributed by atoms with E-state index in [1.807, 2.05) is 18.2 Å². The lowest BCUT2D eigenvalue weighted by molar-refractivity contribution is 0.136. The van der Waals surface area contributed by atoms with Crippen molar-refractivity contribution in [2.24, 2.45) is 5.73 Å². The number of rotatable bonds is 6. The molecule has 0 bridgehead atoms. The van der Waals surface area contributed by atoms with Gasteiger partial charge in [0.2, 0.25) is 0 Å². The number of hydrogen-bond acceptors (Lipinski definition) is 4. The zero-order valence-electron chi connectivity index (χ0n) is 13.6. The number of methoxy groups -OCH3 is 1. The molecule has 1 aliphatic rings. The molecule has 1 heterocycles. The SMILES string of the molecule is COc1ccc2c(c1)C(N(CCN)Cc1ccccc1)CCO2. The average molecular weight is 312 g/mol. The van der Waals surface area contributed by atoms with Crippen LogP contribution in [0.3, 0.4) is 0 Å². The fraction of sp³-hybridized carbons (Fsp3) is 0.368. The van der Waals surface area contributed by atoms with Gasteiger partial charge >= 0.3 is 0 Å². The lowest BCUT2D eigenvalue weighted by Crippen LogP contribution is -2.35. The van der Waals surface area contributed by atoms with E-state index in [1.54, 1.807) is 7.11 Å². The Labute approximate surface area is 137 Å². The van der Waals surface area contributed by atoms with Gasteiger partial charge in [-0.05, 0) is 23.8 Å². The van der Waals surface area contributed by atoms with Gasteiger partial charge in [-0.1, -0.05) is 30.3 Å². The van der Waals surface area contributed by atoms with Crippen LogP contribution in [0.5, 0.6) is 11.5 Å². The summed E-state index contributed by atoms with van der Waals surface area (Å²) in [6, 6.07) is 16.9. The van der Waals surface area contributed by atoms with Crippen molar-refractivity contribution in [1.29, 1.82) is 0 Å². The highest BCUT2D eigenvalue weighted by atomic mass is 16.5. The molecule has 0 radical (unpaired) electrons. The quantitative estimate of drug-likeness (QED) is 0.891. The second kappa shape index (κ2) is 7.49. The predicted octanol–water partition coefficient (Wildman–Crippen LogP) is 2.98. The van der Waals surface area contributed by atoms with E-state index in [4.69, 9.17) is 15.2 Å². The van der Waals surface area contributed by atoms with Crippen molar-refractivity contribution in [3.8, 4) is 11.5 Å². The molecule has 0 aromatic heterocycles. The third kappa shape index (κ3) is 3.66. The lowest BCUT2D eigenvalue weighted by Gasteiger charge is -2.35. The maximum atomic E-state index is 5.87. The van der Waals surface area contributed by atoms with E-state index >= 15 is 0 Å². The van der Waals surface area contributed by atoms with E-state index < -0.39 is 0 Å². The van der Waals surface area contributed by atoms with Crippen LogP contribution in [0.2, 0.25) is 0 Å². The van der Waals surface area contributed by atoms with Gasteiger partial charge in [0.25, 0.3) is 0 Å². The normalized spacial score (nSPS) is 16.7. The number of nitrogens with two attached hydrogens (primary N) is 1. The summed E-state index contributed by atoms with van der Waals surface area (Å²) in [4.78, 5) is 2.44. The van der Waals surface area contributed by atoms with Gasteiger partial charge in [-0.3, -0.25) is 4.90 Å². The molecule has 1 aliphatic heterocycles. The topological polar surface area (TPSA) is 47.7 Å². The maximum Gasteiger partial charge on any atom is 0.124 e. The molecule has 23 heavy (non-hydrogen) atoms. The second-order valence-electron chi connectivity index (χ2n) is 5.80. The van der Waals surface area contributed by atoms with Gasteiger partial charge in [0, 0.05) is 37.7 Å². The summed E-state index contributed by atoms with van der Waals surface area (Å²) in [7, 11) is 1.70. The minimum atomic E-state index is 0.303. The summed E-state index contributed by atoms with van der Waals surface area (Å²) in [6.45, 7) is 3.12. The summed E-state index contributed by atoms with van der Waals surface area (Å²) in [5.74, 6) is 1.82. The Bertz CT molecular complexity index is 631. The highest BCUT2D eigenvalue weighted by Crippen LogP contribution is 2.38. The molecule has 1 atom stereocenters. The molecule has 0 aliphatic carbocycles. The van der Waals surface area contributed by atoms with Crippen LogP contribution in [-0.2, 0) is 6.54 Å². The Hall–Kier alpha value is -2.04. The zero-order chi connectivity index (χ0) is 16.1. The Morgan fingerprint density at radius 2 is 2.04 bits per heavy atom. The first-order valence-corrected chi connectivity index (χ1v) is 8.10. The van der Waals surface area contributed by atoms with Crippen molar-refractivity contribution in [1.82, 2.24) is 4.90 Å². The number of ether oxygens (including phenoxy) is 2. The minimum Gasteiger partial charge on any atom is -0.497 e. The van der Waals surface area contributed by atoms with E-state index in [0.29, 0.717) is 12.6 Å². The van der Waals surface area contributed by atoms with Gasteiger partial charge in [0.05, 0.1) is 13.7 Å². The maximum absolute atomic E-state index is 5.87. The van der Waals surface area contributed by atoms with Gasteiger partial charge < -0.3 is 15.2 Å².